The van der Waals surface area contributed by atoms with Crippen LogP contribution < -0.4 is 4.90 Å². The fourth-order valence-corrected chi connectivity index (χ4v) is 230. The fraction of sp³-hybridized carbons (Fsp3) is 0.111. The van der Waals surface area contributed by atoms with Gasteiger partial charge in [0, 0.05) is 49.5 Å². The van der Waals surface area contributed by atoms with Crippen LogP contribution in [-0.2, 0) is 10.8 Å². The quantitative estimate of drug-likeness (QED) is 0.104. The van der Waals surface area contributed by atoms with Gasteiger partial charge in [-0.05, 0) is 126 Å². The maximum atomic E-state index is 3.25. The molecule has 0 saturated carbocycles. The topological polar surface area (TPSA) is 8.17 Å². The van der Waals surface area contributed by atoms with Crippen LogP contribution >= 0.6 is 153 Å². The summed E-state index contributed by atoms with van der Waals surface area (Å²) in [7, 11) is 32.5. The number of benzene rings is 8. The van der Waals surface area contributed by atoms with Crippen molar-refractivity contribution in [2.75, 3.05) is 4.90 Å². The Morgan fingerprint density at radius 2 is 0.787 bits per heavy atom. The Balaban J connectivity index is 0.000000290. The highest BCUT2D eigenvalue weighted by molar-refractivity contribution is 9.34. The summed E-state index contributed by atoms with van der Waals surface area (Å²) >= 11 is 0. The Kier molecular flexibility index (Phi) is 20.2. The van der Waals surface area contributed by atoms with Gasteiger partial charge in [-0.2, -0.15) is 0 Å². The molecule has 12 atom stereocenters. The van der Waals surface area contributed by atoms with Crippen molar-refractivity contribution >= 4 is 192 Å². The summed E-state index contributed by atoms with van der Waals surface area (Å²) in [6.07, 6.45) is 0. The summed E-state index contributed by atoms with van der Waals surface area (Å²) in [6.45, 7) is 10.4. The predicted octanol–water partition coefficient (Wildman–Crippen LogP) is 25.3. The van der Waals surface area contributed by atoms with Crippen molar-refractivity contribution in [1.29, 1.82) is 0 Å². The van der Waals surface area contributed by atoms with Crippen LogP contribution in [0.1, 0.15) is 49.9 Å². The van der Waals surface area contributed by atoms with Crippen molar-refractivity contribution in [3.8, 4) is 39.1 Å². The van der Waals surface area contributed by atoms with Gasteiger partial charge in [0.1, 0.15) is 0 Å². The van der Waals surface area contributed by atoms with E-state index in [0.29, 0.717) is 0 Å². The van der Waals surface area contributed by atoms with Crippen molar-refractivity contribution in [2.45, 2.75) is 38.5 Å². The zero-order valence-corrected chi connectivity index (χ0v) is 61.8. The molecule has 0 amide bonds. The van der Waals surface area contributed by atoms with E-state index in [-0.39, 0.29) is 66.7 Å². The first-order valence-corrected chi connectivity index (χ1v) is 57.9. The maximum Gasteiger partial charge on any atom is 0.0620 e. The van der Waals surface area contributed by atoms with E-state index in [1.807, 2.05) is 0 Å². The van der Waals surface area contributed by atoms with Gasteiger partial charge in [0.05, 0.1) is 28.1 Å². The van der Waals surface area contributed by atoms with Gasteiger partial charge >= 0.3 is 0 Å². The summed E-state index contributed by atoms with van der Waals surface area (Å²) in [5.74, 6) is 0. The molecule has 0 aliphatic heterocycles. The Labute approximate surface area is 479 Å². The third-order valence-electron chi connectivity index (χ3n) is 14.3. The van der Waals surface area contributed by atoms with Crippen molar-refractivity contribution in [3.63, 3.8) is 0 Å². The van der Waals surface area contributed by atoms with E-state index in [1.165, 1.54) is 88.8 Å². The predicted molar refractivity (Wildman–Crippen MR) is 397 cm³/mol. The number of fused-ring (bicyclic) bond motifs is 9. The van der Waals surface area contributed by atoms with Gasteiger partial charge in [-0.25, -0.2) is 0 Å². The lowest BCUT2D eigenvalue weighted by Gasteiger charge is -2.44. The van der Waals surface area contributed by atoms with Gasteiger partial charge in [-0.15, -0.1) is 89.3 Å². The van der Waals surface area contributed by atoms with Crippen LogP contribution in [0.15, 0.2) is 182 Å². The first kappa shape index (κ1) is 59.7. The van der Waals surface area contributed by atoms with Crippen molar-refractivity contribution in [1.82, 2.24) is 4.57 Å². The van der Waals surface area contributed by atoms with Gasteiger partial charge in [0.15, 0.2) is 0 Å². The highest BCUT2D eigenvalue weighted by Gasteiger charge is 2.42. The van der Waals surface area contributed by atoms with Gasteiger partial charge in [0.25, 0.3) is 0 Å². The number of rotatable bonds is 13. The van der Waals surface area contributed by atoms with Gasteiger partial charge in [0.2, 0.25) is 0 Å². The van der Waals surface area contributed by atoms with E-state index in [9.17, 15) is 0 Å². The normalized spacial score (nSPS) is 14.7. The number of para-hydroxylation sites is 4. The molecule has 11 rings (SSSR count). The van der Waals surface area contributed by atoms with E-state index >= 15 is 0 Å². The molecule has 0 spiro atoms. The molecule has 8 aromatic carbocycles. The smallest absolute Gasteiger partial charge is 0.0620 e. The van der Waals surface area contributed by atoms with Crippen LogP contribution in [0.2, 0.25) is 0 Å². The summed E-state index contributed by atoms with van der Waals surface area (Å²) in [4.78, 5) is 2.59. The molecule has 9 aromatic rings. The van der Waals surface area contributed by atoms with E-state index in [2.05, 4.69) is 308 Å². The molecule has 2 aliphatic carbocycles. The lowest BCUT2D eigenvalue weighted by molar-refractivity contribution is 0.660. The molecule has 384 valence electrons. The second-order valence-electron chi connectivity index (χ2n) is 19.3. The van der Waals surface area contributed by atoms with Gasteiger partial charge < -0.3 is 9.47 Å². The van der Waals surface area contributed by atoms with Crippen LogP contribution in [0.5, 0.6) is 0 Å². The second-order valence-corrected chi connectivity index (χ2v) is 92.0. The minimum absolute atomic E-state index is 0.0492. The monoisotopic (exact) mass is 1330 g/mol. The van der Waals surface area contributed by atoms with Crippen LogP contribution in [-0.4, -0.2) is 4.57 Å². The minimum atomic E-state index is -0.136. The number of aromatic nitrogens is 1. The van der Waals surface area contributed by atoms with Crippen molar-refractivity contribution in [3.05, 3.63) is 204 Å². The summed E-state index contributed by atoms with van der Waals surface area (Å²) in [5, 5.41) is 2.50. The lowest BCUT2D eigenvalue weighted by Crippen LogP contribution is -2.17. The Morgan fingerprint density at radius 1 is 0.387 bits per heavy atom. The van der Waals surface area contributed by atoms with Gasteiger partial charge in [-0.1, -0.05) is 181 Å². The average molecular weight is 1330 g/mol. The van der Waals surface area contributed by atoms with Crippen LogP contribution in [0.4, 0.5) is 17.1 Å². The van der Waals surface area contributed by atoms with Crippen LogP contribution in [0.3, 0.4) is 0 Å². The molecule has 12 unspecified atom stereocenters. The van der Waals surface area contributed by atoms with Crippen LogP contribution in [0.25, 0.3) is 60.9 Å². The van der Waals surface area contributed by atoms with E-state index in [0.717, 1.165) is 19.3 Å². The molecule has 1 heterocycles. The second kappa shape index (κ2) is 25.4. The third kappa shape index (κ3) is 11.4. The SMILES string of the molecule is CC1(C)c2ccccc2-c2c(N(c3ccccc3-c3cccc4c5ccccc5n(-c5ccccc5)c34)c3cccc4c3-c3ccccc3C4(C)C)cccc21.PPP(P)P(P(P(P)P)P(P)P)P(P(P)P)P(P)P. The minimum Gasteiger partial charge on any atom is -0.309 e. The number of hydrogen-bond donors (Lipinski definition) is 0. The number of nitrogens with zero attached hydrogens (tertiary/aromatic N) is 2. The summed E-state index contributed by atoms with van der Waals surface area (Å²) in [6, 6.07) is 67.5. The lowest BCUT2D eigenvalue weighted by atomic mass is 9.82. The molecule has 2 aliphatic rings. The average Bonchev–Trinajstić information content (AvgIpc) is 3.99. The van der Waals surface area contributed by atoms with E-state index in [4.69, 9.17) is 0 Å². The van der Waals surface area contributed by atoms with E-state index < -0.39 is 0 Å². The molecule has 21 heteroatoms. The summed E-state index contributed by atoms with van der Waals surface area (Å²) < 4.78 is 2.46. The molecule has 0 bridgehead atoms. The zero-order chi connectivity index (χ0) is 53.1. The largest absolute Gasteiger partial charge is 0.309 e. The first-order chi connectivity index (χ1) is 36.0. The highest BCUT2D eigenvalue weighted by Crippen LogP contribution is 3.28. The molecule has 2 nitrogen and oxygen atoms in total. The van der Waals surface area contributed by atoms with Crippen molar-refractivity contribution in [2.24, 2.45) is 0 Å². The highest BCUT2D eigenvalue weighted by atomic mass is 33.4. The molecular formula is C54H63N2P19. The zero-order valence-electron chi connectivity index (χ0n) is 42.1. The molecule has 0 fully saturated rings. The molecule has 75 heavy (non-hydrogen) atoms. The third-order valence-corrected chi connectivity index (χ3v) is 132. The number of anilines is 3. The standard InChI is InChI=1S/C54H42N2.H21P19/c1-53(2)42-27-12-8-23-40(42)50-44(53)29-17-33-48(50)56(49-34-18-30-45-51(49)41-24-9-13-28-43(41)54(45,3)4)47-32-15-11-22-37(47)39-26-16-25-38-36-21-10-14-31-46(36)55(52(38)39)35-19-6-5-7-20-35;1-11-16(10)19(17(12(2)3)13(4)5)18(14(6)7)15(8)9/h5-34H,1-4H3;11H,1-10H2. The number of hydrogen-bond acceptors (Lipinski definition) is 1. The van der Waals surface area contributed by atoms with Crippen LogP contribution in [0, 0.1) is 0 Å². The molecule has 1 aromatic heterocycles. The summed E-state index contributed by atoms with van der Waals surface area (Å²) in [5.41, 5.74) is 19.9. The Bertz CT molecular complexity index is 3400. The molecule has 0 radical (unpaired) electrons. The first-order valence-electron chi connectivity index (χ1n) is 24.0. The van der Waals surface area contributed by atoms with Crippen molar-refractivity contribution < 1.29 is 0 Å². The molecular weight excluding hydrogens is 1270 g/mol. The molecule has 0 N–H and O–H groups in total. The maximum absolute atomic E-state index is 3.25. The molecule has 0 saturated heterocycles. The fourth-order valence-electron chi connectivity index (χ4n) is 11.1. The van der Waals surface area contributed by atoms with E-state index in [1.54, 1.807) is 0 Å². The Hall–Kier alpha value is 1.53. The Morgan fingerprint density at radius 3 is 1.31 bits per heavy atom. The van der Waals surface area contributed by atoms with Gasteiger partial charge in [-0.3, -0.25) is 0 Å².